The number of aromatic nitrogens is 2. The molecule has 3 heteroatoms. The van der Waals surface area contributed by atoms with Crippen LogP contribution in [-0.2, 0) is 6.42 Å². The number of hydrogen-bond donors (Lipinski definition) is 1. The Labute approximate surface area is 88.9 Å². The average molecular weight is 201 g/mol. The quantitative estimate of drug-likeness (QED) is 0.820. The van der Waals surface area contributed by atoms with E-state index in [0.717, 1.165) is 13.0 Å². The van der Waals surface area contributed by atoms with Gasteiger partial charge in [-0.15, -0.1) is 0 Å². The van der Waals surface area contributed by atoms with Crippen LogP contribution in [0.15, 0.2) is 30.6 Å². The van der Waals surface area contributed by atoms with Gasteiger partial charge in [-0.25, -0.2) is 4.52 Å². The van der Waals surface area contributed by atoms with Gasteiger partial charge in [-0.3, -0.25) is 0 Å². The molecule has 0 spiro atoms. The zero-order valence-corrected chi connectivity index (χ0v) is 8.69. The highest BCUT2D eigenvalue weighted by Gasteiger charge is 2.41. The summed E-state index contributed by atoms with van der Waals surface area (Å²) in [7, 11) is 0. The standard InChI is InChI=1S/C12H15N3/c13-9-12(4-5-12)7-10-8-14-15-6-2-1-3-11(10)15/h1-3,6,8H,4-5,7,9,13H2. The highest BCUT2D eigenvalue weighted by Crippen LogP contribution is 2.47. The number of hydrogen-bond acceptors (Lipinski definition) is 2. The summed E-state index contributed by atoms with van der Waals surface area (Å²) >= 11 is 0. The first-order valence-electron chi connectivity index (χ1n) is 5.44. The highest BCUT2D eigenvalue weighted by atomic mass is 15.2. The van der Waals surface area contributed by atoms with Crippen LogP contribution >= 0.6 is 0 Å². The maximum absolute atomic E-state index is 5.80. The smallest absolute Gasteiger partial charge is 0.0693 e. The zero-order chi connectivity index (χ0) is 10.3. The third-order valence-electron chi connectivity index (χ3n) is 3.46. The molecule has 0 saturated heterocycles. The van der Waals surface area contributed by atoms with Gasteiger partial charge in [0.15, 0.2) is 0 Å². The van der Waals surface area contributed by atoms with Crippen molar-refractivity contribution in [2.75, 3.05) is 6.54 Å². The van der Waals surface area contributed by atoms with Gasteiger partial charge >= 0.3 is 0 Å². The molecule has 2 aromatic rings. The lowest BCUT2D eigenvalue weighted by Crippen LogP contribution is -2.17. The van der Waals surface area contributed by atoms with Crippen molar-refractivity contribution in [3.05, 3.63) is 36.2 Å². The summed E-state index contributed by atoms with van der Waals surface area (Å²) in [6.07, 6.45) is 7.59. The summed E-state index contributed by atoms with van der Waals surface area (Å²) in [5.74, 6) is 0. The van der Waals surface area contributed by atoms with Crippen LogP contribution in [0.4, 0.5) is 0 Å². The minimum Gasteiger partial charge on any atom is -0.330 e. The molecule has 0 atom stereocenters. The molecule has 0 aliphatic heterocycles. The van der Waals surface area contributed by atoms with Crippen LogP contribution in [0.2, 0.25) is 0 Å². The first-order chi connectivity index (χ1) is 7.33. The molecule has 3 nitrogen and oxygen atoms in total. The monoisotopic (exact) mass is 201 g/mol. The third-order valence-corrected chi connectivity index (χ3v) is 3.46. The Hall–Kier alpha value is -1.35. The van der Waals surface area contributed by atoms with E-state index in [4.69, 9.17) is 5.73 Å². The summed E-state index contributed by atoms with van der Waals surface area (Å²) in [4.78, 5) is 0. The van der Waals surface area contributed by atoms with Crippen molar-refractivity contribution >= 4 is 5.52 Å². The van der Waals surface area contributed by atoms with E-state index in [-0.39, 0.29) is 0 Å². The Kier molecular flexibility index (Phi) is 1.83. The molecule has 1 aliphatic rings. The fourth-order valence-electron chi connectivity index (χ4n) is 2.16. The molecule has 3 rings (SSSR count). The number of rotatable bonds is 3. The fraction of sp³-hybridized carbons (Fsp3) is 0.417. The van der Waals surface area contributed by atoms with Gasteiger partial charge in [-0.2, -0.15) is 5.10 Å². The SMILES string of the molecule is NCC1(Cc2cnn3ccccc23)CC1. The lowest BCUT2D eigenvalue weighted by Gasteiger charge is -2.10. The van der Waals surface area contributed by atoms with E-state index < -0.39 is 0 Å². The summed E-state index contributed by atoms with van der Waals surface area (Å²) in [5.41, 5.74) is 8.74. The van der Waals surface area contributed by atoms with Gasteiger partial charge in [0.2, 0.25) is 0 Å². The summed E-state index contributed by atoms with van der Waals surface area (Å²) in [6, 6.07) is 6.18. The average Bonchev–Trinajstić information content (AvgIpc) is 2.95. The lowest BCUT2D eigenvalue weighted by molar-refractivity contribution is 0.523. The Balaban J connectivity index is 1.98. The predicted molar refractivity (Wildman–Crippen MR) is 59.6 cm³/mol. The third kappa shape index (κ3) is 1.43. The van der Waals surface area contributed by atoms with Crippen LogP contribution in [0.25, 0.3) is 5.52 Å². The molecule has 0 amide bonds. The second-order valence-corrected chi connectivity index (χ2v) is 4.58. The minimum atomic E-state index is 0.388. The van der Waals surface area contributed by atoms with Gasteiger partial charge < -0.3 is 5.73 Å². The highest BCUT2D eigenvalue weighted by molar-refractivity contribution is 5.53. The molecular weight excluding hydrogens is 186 g/mol. The van der Waals surface area contributed by atoms with Crippen LogP contribution in [0.3, 0.4) is 0 Å². The van der Waals surface area contributed by atoms with E-state index in [0.29, 0.717) is 5.41 Å². The van der Waals surface area contributed by atoms with Crippen LogP contribution in [0.5, 0.6) is 0 Å². The molecule has 2 heterocycles. The summed E-state index contributed by atoms with van der Waals surface area (Å²) in [6.45, 7) is 0.803. The maximum atomic E-state index is 5.80. The normalized spacial score (nSPS) is 18.2. The predicted octanol–water partition coefficient (Wildman–Crippen LogP) is 1.62. The Morgan fingerprint density at radius 3 is 3.00 bits per heavy atom. The van der Waals surface area contributed by atoms with E-state index in [2.05, 4.69) is 17.2 Å². The van der Waals surface area contributed by atoms with Crippen molar-refractivity contribution in [1.82, 2.24) is 9.61 Å². The first kappa shape index (κ1) is 8.92. The first-order valence-corrected chi connectivity index (χ1v) is 5.44. The number of fused-ring (bicyclic) bond motifs is 1. The molecule has 1 fully saturated rings. The van der Waals surface area contributed by atoms with Crippen LogP contribution in [-0.4, -0.2) is 16.2 Å². The Bertz CT molecular complexity index is 482. The molecular formula is C12H15N3. The molecule has 2 aromatic heterocycles. The Morgan fingerprint density at radius 2 is 2.27 bits per heavy atom. The van der Waals surface area contributed by atoms with Crippen molar-refractivity contribution in [1.29, 1.82) is 0 Å². The maximum Gasteiger partial charge on any atom is 0.0693 e. The van der Waals surface area contributed by atoms with Gasteiger partial charge in [0, 0.05) is 6.20 Å². The van der Waals surface area contributed by atoms with Gasteiger partial charge in [0.1, 0.15) is 0 Å². The van der Waals surface area contributed by atoms with Crippen molar-refractivity contribution in [2.24, 2.45) is 11.1 Å². The molecule has 2 N–H and O–H groups in total. The van der Waals surface area contributed by atoms with E-state index in [1.807, 2.05) is 23.0 Å². The molecule has 15 heavy (non-hydrogen) atoms. The number of pyridine rings is 1. The van der Waals surface area contributed by atoms with Crippen molar-refractivity contribution in [3.63, 3.8) is 0 Å². The van der Waals surface area contributed by atoms with Gasteiger partial charge in [0.05, 0.1) is 11.7 Å². The lowest BCUT2D eigenvalue weighted by atomic mass is 9.98. The summed E-state index contributed by atoms with van der Waals surface area (Å²) in [5, 5.41) is 4.34. The molecule has 1 saturated carbocycles. The van der Waals surface area contributed by atoms with Crippen molar-refractivity contribution in [2.45, 2.75) is 19.3 Å². The number of nitrogens with zero attached hydrogens (tertiary/aromatic N) is 2. The van der Waals surface area contributed by atoms with E-state index >= 15 is 0 Å². The van der Waals surface area contributed by atoms with Crippen LogP contribution in [0.1, 0.15) is 18.4 Å². The zero-order valence-electron chi connectivity index (χ0n) is 8.69. The fourth-order valence-corrected chi connectivity index (χ4v) is 2.16. The molecule has 0 bridgehead atoms. The van der Waals surface area contributed by atoms with Crippen LogP contribution in [0, 0.1) is 5.41 Å². The topological polar surface area (TPSA) is 43.3 Å². The Morgan fingerprint density at radius 1 is 1.40 bits per heavy atom. The molecule has 0 aromatic carbocycles. The largest absolute Gasteiger partial charge is 0.330 e. The van der Waals surface area contributed by atoms with Gasteiger partial charge in [0.25, 0.3) is 0 Å². The van der Waals surface area contributed by atoms with E-state index in [9.17, 15) is 0 Å². The molecule has 1 aliphatic carbocycles. The van der Waals surface area contributed by atoms with Crippen LogP contribution < -0.4 is 5.73 Å². The van der Waals surface area contributed by atoms with E-state index in [1.54, 1.807) is 0 Å². The molecule has 0 radical (unpaired) electrons. The second-order valence-electron chi connectivity index (χ2n) is 4.58. The minimum absolute atomic E-state index is 0.388. The van der Waals surface area contributed by atoms with E-state index in [1.165, 1.54) is 23.9 Å². The summed E-state index contributed by atoms with van der Waals surface area (Å²) < 4.78 is 1.93. The number of nitrogens with two attached hydrogens (primary N) is 1. The van der Waals surface area contributed by atoms with Crippen molar-refractivity contribution in [3.8, 4) is 0 Å². The van der Waals surface area contributed by atoms with Gasteiger partial charge in [-0.1, -0.05) is 6.07 Å². The van der Waals surface area contributed by atoms with Gasteiger partial charge in [-0.05, 0) is 48.9 Å². The van der Waals surface area contributed by atoms with Crippen molar-refractivity contribution < 1.29 is 0 Å². The molecule has 0 unspecified atom stereocenters. The second kappa shape index (κ2) is 3.07. The molecule has 78 valence electrons.